The lowest BCUT2D eigenvalue weighted by Crippen LogP contribution is -2.09. The monoisotopic (exact) mass is 293 g/mol. The number of hydrogen-bond donors (Lipinski definition) is 0. The second-order valence-electron chi connectivity index (χ2n) is 4.71. The Balaban J connectivity index is 2.07. The van der Waals surface area contributed by atoms with Gasteiger partial charge in [0.15, 0.2) is 14.9 Å². The average molecular weight is 293 g/mol. The summed E-state index contributed by atoms with van der Waals surface area (Å²) in [5.74, 6) is 0.141. The highest BCUT2D eigenvalue weighted by Gasteiger charge is 2.15. The highest BCUT2D eigenvalue weighted by atomic mass is 32.2. The highest BCUT2D eigenvalue weighted by Crippen LogP contribution is 2.16. The fourth-order valence-electron chi connectivity index (χ4n) is 2.04. The third-order valence-electron chi connectivity index (χ3n) is 3.15. The van der Waals surface area contributed by atoms with E-state index in [0.717, 1.165) is 18.2 Å². The fourth-order valence-corrected chi connectivity index (χ4v) is 3.35. The minimum Gasteiger partial charge on any atom is -0.385 e. The number of fused-ring (bicyclic) bond motifs is 1. The Morgan fingerprint density at radius 1 is 1.05 bits per heavy atom. The molecule has 20 heavy (non-hydrogen) atoms. The molecular formula is C15H19NO3S. The predicted octanol–water partition coefficient (Wildman–Crippen LogP) is 2.83. The number of hydrogen-bond acceptors (Lipinski definition) is 4. The molecule has 0 aliphatic carbocycles. The zero-order chi connectivity index (χ0) is 14.4. The minimum absolute atomic E-state index is 0.141. The minimum atomic E-state index is -3.29. The maximum atomic E-state index is 12.2. The van der Waals surface area contributed by atoms with Crippen LogP contribution in [0, 0.1) is 0 Å². The van der Waals surface area contributed by atoms with E-state index in [2.05, 4.69) is 4.98 Å². The van der Waals surface area contributed by atoms with Crippen LogP contribution in [0.15, 0.2) is 41.4 Å². The van der Waals surface area contributed by atoms with E-state index in [9.17, 15) is 8.42 Å². The summed E-state index contributed by atoms with van der Waals surface area (Å²) >= 11 is 0. The Morgan fingerprint density at radius 3 is 2.65 bits per heavy atom. The van der Waals surface area contributed by atoms with Crippen LogP contribution in [0.4, 0.5) is 0 Å². The first-order valence-corrected chi connectivity index (χ1v) is 8.36. The number of aromatic nitrogens is 1. The van der Waals surface area contributed by atoms with Crippen LogP contribution in [0.1, 0.15) is 19.3 Å². The van der Waals surface area contributed by atoms with Gasteiger partial charge in [0.2, 0.25) is 0 Å². The Morgan fingerprint density at radius 2 is 1.85 bits per heavy atom. The van der Waals surface area contributed by atoms with Crippen LogP contribution >= 0.6 is 0 Å². The van der Waals surface area contributed by atoms with Crippen molar-refractivity contribution in [3.8, 4) is 0 Å². The summed E-state index contributed by atoms with van der Waals surface area (Å²) < 4.78 is 29.4. The molecule has 0 unspecified atom stereocenters. The van der Waals surface area contributed by atoms with Crippen molar-refractivity contribution < 1.29 is 13.2 Å². The quantitative estimate of drug-likeness (QED) is 0.737. The molecule has 108 valence electrons. The Hall–Kier alpha value is -1.46. The molecule has 0 radical (unpaired) electrons. The van der Waals surface area contributed by atoms with Gasteiger partial charge in [-0.25, -0.2) is 13.4 Å². The van der Waals surface area contributed by atoms with Gasteiger partial charge < -0.3 is 4.74 Å². The lowest BCUT2D eigenvalue weighted by Gasteiger charge is -2.05. The number of methoxy groups -OCH3 is 1. The number of pyridine rings is 1. The molecule has 0 aliphatic heterocycles. The number of unbranched alkanes of at least 4 members (excludes halogenated alkanes) is 2. The molecule has 0 saturated heterocycles. The fraction of sp³-hybridized carbons (Fsp3) is 0.400. The van der Waals surface area contributed by atoms with E-state index in [1.165, 1.54) is 0 Å². The largest absolute Gasteiger partial charge is 0.385 e. The van der Waals surface area contributed by atoms with Crippen molar-refractivity contribution in [3.63, 3.8) is 0 Å². The molecule has 0 saturated carbocycles. The Kier molecular flexibility index (Phi) is 5.09. The number of para-hydroxylation sites is 1. The normalized spacial score (nSPS) is 11.8. The number of rotatable bonds is 7. The lowest BCUT2D eigenvalue weighted by atomic mass is 10.2. The van der Waals surface area contributed by atoms with E-state index in [1.807, 2.05) is 24.3 Å². The van der Waals surface area contributed by atoms with E-state index < -0.39 is 9.84 Å². The standard InChI is InChI=1S/C15H19NO3S/c1-19-11-5-2-6-12-20(17,18)15-10-9-13-7-3-4-8-14(13)16-15/h3-4,7-10H,2,5-6,11-12H2,1H3. The van der Waals surface area contributed by atoms with Gasteiger partial charge in [-0.2, -0.15) is 0 Å². The summed E-state index contributed by atoms with van der Waals surface area (Å²) in [5, 5.41) is 1.12. The molecule has 2 rings (SSSR count). The molecule has 1 aromatic carbocycles. The van der Waals surface area contributed by atoms with Crippen LogP contribution in [-0.4, -0.2) is 32.9 Å². The van der Waals surface area contributed by atoms with Gasteiger partial charge in [0.05, 0.1) is 11.3 Å². The van der Waals surface area contributed by atoms with E-state index >= 15 is 0 Å². The van der Waals surface area contributed by atoms with Gasteiger partial charge in [-0.15, -0.1) is 0 Å². The van der Waals surface area contributed by atoms with Crippen LogP contribution in [0.2, 0.25) is 0 Å². The van der Waals surface area contributed by atoms with Gasteiger partial charge >= 0.3 is 0 Å². The molecule has 4 nitrogen and oxygen atoms in total. The second kappa shape index (κ2) is 6.81. The molecule has 0 fully saturated rings. The van der Waals surface area contributed by atoms with E-state index in [-0.39, 0.29) is 10.8 Å². The van der Waals surface area contributed by atoms with Crippen LogP contribution in [-0.2, 0) is 14.6 Å². The molecule has 0 aliphatic rings. The SMILES string of the molecule is COCCCCCS(=O)(=O)c1ccc2ccccc2n1. The predicted molar refractivity (Wildman–Crippen MR) is 79.5 cm³/mol. The van der Waals surface area contributed by atoms with Crippen molar-refractivity contribution in [1.82, 2.24) is 4.98 Å². The number of ether oxygens (including phenoxy) is 1. The average Bonchev–Trinajstić information content (AvgIpc) is 2.46. The number of benzene rings is 1. The first-order chi connectivity index (χ1) is 9.63. The van der Waals surface area contributed by atoms with Gasteiger partial charge in [-0.3, -0.25) is 0 Å². The molecular weight excluding hydrogens is 274 g/mol. The third kappa shape index (κ3) is 3.77. The smallest absolute Gasteiger partial charge is 0.195 e. The van der Waals surface area contributed by atoms with Crippen molar-refractivity contribution in [3.05, 3.63) is 36.4 Å². The molecule has 1 aromatic heterocycles. The topological polar surface area (TPSA) is 56.3 Å². The summed E-state index contributed by atoms with van der Waals surface area (Å²) in [6, 6.07) is 10.9. The van der Waals surface area contributed by atoms with Crippen molar-refractivity contribution in [1.29, 1.82) is 0 Å². The van der Waals surface area contributed by atoms with Crippen LogP contribution < -0.4 is 0 Å². The molecule has 0 amide bonds. The molecule has 1 heterocycles. The molecule has 5 heteroatoms. The first kappa shape index (κ1) is 14.9. The van der Waals surface area contributed by atoms with E-state index in [4.69, 9.17) is 4.74 Å². The second-order valence-corrected chi connectivity index (χ2v) is 6.77. The molecule has 2 aromatic rings. The molecule has 0 bridgehead atoms. The van der Waals surface area contributed by atoms with Crippen molar-refractivity contribution in [2.24, 2.45) is 0 Å². The van der Waals surface area contributed by atoms with Crippen molar-refractivity contribution >= 4 is 20.7 Å². The maximum absolute atomic E-state index is 12.2. The lowest BCUT2D eigenvalue weighted by molar-refractivity contribution is 0.192. The first-order valence-electron chi connectivity index (χ1n) is 6.71. The molecule has 0 spiro atoms. The highest BCUT2D eigenvalue weighted by molar-refractivity contribution is 7.91. The van der Waals surface area contributed by atoms with Gasteiger partial charge in [0.25, 0.3) is 0 Å². The summed E-state index contributed by atoms with van der Waals surface area (Å²) in [6.45, 7) is 0.675. The molecule has 0 N–H and O–H groups in total. The summed E-state index contributed by atoms with van der Waals surface area (Å²) in [7, 11) is -1.64. The summed E-state index contributed by atoms with van der Waals surface area (Å²) in [6.07, 6.45) is 2.37. The summed E-state index contributed by atoms with van der Waals surface area (Å²) in [4.78, 5) is 4.25. The number of nitrogens with zero attached hydrogens (tertiary/aromatic N) is 1. The van der Waals surface area contributed by atoms with E-state index in [1.54, 1.807) is 19.2 Å². The number of sulfone groups is 1. The zero-order valence-electron chi connectivity index (χ0n) is 11.6. The van der Waals surface area contributed by atoms with Crippen LogP contribution in [0.3, 0.4) is 0 Å². The van der Waals surface area contributed by atoms with Crippen LogP contribution in [0.25, 0.3) is 10.9 Å². The Bertz CT molecular complexity index is 668. The van der Waals surface area contributed by atoms with Crippen molar-refractivity contribution in [2.45, 2.75) is 24.3 Å². The van der Waals surface area contributed by atoms with Crippen LogP contribution in [0.5, 0.6) is 0 Å². The third-order valence-corrected chi connectivity index (χ3v) is 4.84. The van der Waals surface area contributed by atoms with Crippen molar-refractivity contribution in [2.75, 3.05) is 19.5 Å². The zero-order valence-corrected chi connectivity index (χ0v) is 12.4. The van der Waals surface area contributed by atoms with Gasteiger partial charge in [-0.1, -0.05) is 24.6 Å². The van der Waals surface area contributed by atoms with Gasteiger partial charge in [0.1, 0.15) is 0 Å². The van der Waals surface area contributed by atoms with Gasteiger partial charge in [-0.05, 0) is 31.0 Å². The summed E-state index contributed by atoms with van der Waals surface area (Å²) in [5.41, 5.74) is 0.716. The van der Waals surface area contributed by atoms with Gasteiger partial charge in [0, 0.05) is 19.1 Å². The maximum Gasteiger partial charge on any atom is 0.195 e. The van der Waals surface area contributed by atoms with E-state index in [0.29, 0.717) is 18.5 Å². The Labute approximate surface area is 119 Å². The molecule has 0 atom stereocenters.